The molecule has 0 unspecified atom stereocenters. The third-order valence-corrected chi connectivity index (χ3v) is 6.02. The Morgan fingerprint density at radius 1 is 1.20 bits per heavy atom. The number of nitrogens with zero attached hydrogens (tertiary/aromatic N) is 3. The normalized spacial score (nSPS) is 16.5. The fraction of sp³-hybridized carbons (Fsp3) is 0.400. The molecule has 4 rings (SSSR count). The molecule has 0 N–H and O–H groups in total. The van der Waals surface area contributed by atoms with Crippen molar-refractivity contribution >= 4 is 16.3 Å². The predicted octanol–water partition coefficient (Wildman–Crippen LogP) is 4.05. The van der Waals surface area contributed by atoms with Crippen molar-refractivity contribution < 1.29 is 0 Å². The van der Waals surface area contributed by atoms with Gasteiger partial charge in [-0.2, -0.15) is 0 Å². The monoisotopic (exact) mass is 353 g/mol. The number of hydrogen-bond acceptors (Lipinski definition) is 4. The molecule has 0 bridgehead atoms. The van der Waals surface area contributed by atoms with Crippen molar-refractivity contribution in [1.82, 2.24) is 14.3 Å². The quantitative estimate of drug-likeness (QED) is 0.710. The lowest BCUT2D eigenvalue weighted by Crippen LogP contribution is -2.33. The molecule has 1 aromatic carbocycles. The third kappa shape index (κ3) is 3.39. The van der Waals surface area contributed by atoms with Gasteiger partial charge in [0.05, 0.1) is 11.4 Å². The standard InChI is InChI=1S/C20H23N3OS/c1-2-15-8-10-22(11-9-15)13-17-12-19(24)23-18(14-25-20(23)21-17)16-6-4-3-5-7-16/h3-7,12,14-15H,2,8-11,13H2,1H3. The van der Waals surface area contributed by atoms with Crippen molar-refractivity contribution in [3.8, 4) is 11.3 Å². The Kier molecular flexibility index (Phi) is 4.68. The molecule has 5 heteroatoms. The van der Waals surface area contributed by atoms with E-state index in [0.29, 0.717) is 0 Å². The molecule has 4 nitrogen and oxygen atoms in total. The van der Waals surface area contributed by atoms with Crippen molar-refractivity contribution in [1.29, 1.82) is 0 Å². The molecule has 1 aliphatic heterocycles. The maximum absolute atomic E-state index is 12.7. The topological polar surface area (TPSA) is 37.6 Å². The summed E-state index contributed by atoms with van der Waals surface area (Å²) in [5.41, 5.74) is 2.88. The van der Waals surface area contributed by atoms with Crippen LogP contribution in [0.4, 0.5) is 0 Å². The van der Waals surface area contributed by atoms with E-state index in [-0.39, 0.29) is 5.56 Å². The van der Waals surface area contributed by atoms with Crippen molar-refractivity contribution in [3.05, 3.63) is 57.8 Å². The highest BCUT2D eigenvalue weighted by atomic mass is 32.1. The zero-order chi connectivity index (χ0) is 17.2. The van der Waals surface area contributed by atoms with E-state index in [2.05, 4.69) is 11.8 Å². The predicted molar refractivity (Wildman–Crippen MR) is 103 cm³/mol. The van der Waals surface area contributed by atoms with Crippen LogP contribution >= 0.6 is 11.3 Å². The molecule has 2 aromatic heterocycles. The van der Waals surface area contributed by atoms with E-state index in [1.54, 1.807) is 10.5 Å². The first-order chi connectivity index (χ1) is 12.2. The maximum Gasteiger partial charge on any atom is 0.259 e. The summed E-state index contributed by atoms with van der Waals surface area (Å²) in [5, 5.41) is 2.02. The van der Waals surface area contributed by atoms with E-state index in [0.717, 1.165) is 47.5 Å². The molecule has 0 radical (unpaired) electrons. The second kappa shape index (κ2) is 7.10. The van der Waals surface area contributed by atoms with Crippen LogP contribution in [0, 0.1) is 5.92 Å². The Bertz CT molecular complexity index is 908. The molecule has 3 aromatic rings. The SMILES string of the molecule is CCC1CCN(Cc2cc(=O)n3c(-c4ccccc4)csc3n2)CC1. The van der Waals surface area contributed by atoms with Gasteiger partial charge in [-0.1, -0.05) is 43.7 Å². The van der Waals surface area contributed by atoms with Crippen LogP contribution in [0.2, 0.25) is 0 Å². The van der Waals surface area contributed by atoms with Gasteiger partial charge in [0.2, 0.25) is 0 Å². The fourth-order valence-corrected chi connectivity index (χ4v) is 4.56. The lowest BCUT2D eigenvalue weighted by molar-refractivity contribution is 0.173. The van der Waals surface area contributed by atoms with Crippen LogP contribution < -0.4 is 5.56 Å². The Hall–Kier alpha value is -1.98. The van der Waals surface area contributed by atoms with Crippen molar-refractivity contribution in [2.24, 2.45) is 5.92 Å². The van der Waals surface area contributed by atoms with Gasteiger partial charge in [-0.25, -0.2) is 4.98 Å². The second-order valence-electron chi connectivity index (χ2n) is 6.82. The number of fused-ring (bicyclic) bond motifs is 1. The number of hydrogen-bond donors (Lipinski definition) is 0. The summed E-state index contributed by atoms with van der Waals surface area (Å²) in [6.07, 6.45) is 3.79. The first kappa shape index (κ1) is 16.5. The van der Waals surface area contributed by atoms with E-state index >= 15 is 0 Å². The van der Waals surface area contributed by atoms with E-state index in [4.69, 9.17) is 4.98 Å². The van der Waals surface area contributed by atoms with Gasteiger partial charge >= 0.3 is 0 Å². The van der Waals surface area contributed by atoms with Crippen LogP contribution in [0.1, 0.15) is 31.9 Å². The van der Waals surface area contributed by atoms with Crippen LogP contribution in [-0.4, -0.2) is 27.4 Å². The molecular formula is C20H23N3OS. The van der Waals surface area contributed by atoms with Crippen molar-refractivity contribution in [2.45, 2.75) is 32.7 Å². The first-order valence-corrected chi connectivity index (χ1v) is 9.90. The van der Waals surface area contributed by atoms with E-state index in [1.165, 1.54) is 30.6 Å². The van der Waals surface area contributed by atoms with Gasteiger partial charge in [0.1, 0.15) is 0 Å². The smallest absolute Gasteiger partial charge is 0.259 e. The van der Waals surface area contributed by atoms with Gasteiger partial charge in [-0.05, 0) is 37.4 Å². The van der Waals surface area contributed by atoms with E-state index in [9.17, 15) is 4.79 Å². The lowest BCUT2D eigenvalue weighted by atomic mass is 9.94. The van der Waals surface area contributed by atoms with Gasteiger partial charge in [-0.3, -0.25) is 14.1 Å². The highest BCUT2D eigenvalue weighted by molar-refractivity contribution is 7.15. The molecular weight excluding hydrogens is 330 g/mol. The summed E-state index contributed by atoms with van der Waals surface area (Å²) in [6.45, 7) is 5.27. The van der Waals surface area contributed by atoms with Crippen molar-refractivity contribution in [2.75, 3.05) is 13.1 Å². The highest BCUT2D eigenvalue weighted by Gasteiger charge is 2.19. The largest absolute Gasteiger partial charge is 0.297 e. The Morgan fingerprint density at radius 3 is 2.68 bits per heavy atom. The molecule has 0 saturated carbocycles. The molecule has 1 aliphatic rings. The van der Waals surface area contributed by atoms with Gasteiger partial charge in [-0.15, -0.1) is 11.3 Å². The second-order valence-corrected chi connectivity index (χ2v) is 7.65. The number of benzene rings is 1. The molecule has 1 fully saturated rings. The van der Waals surface area contributed by atoms with E-state index in [1.807, 2.05) is 35.7 Å². The zero-order valence-corrected chi connectivity index (χ0v) is 15.3. The molecule has 130 valence electrons. The van der Waals surface area contributed by atoms with Gasteiger partial charge in [0.25, 0.3) is 5.56 Å². The van der Waals surface area contributed by atoms with Crippen LogP contribution in [0.3, 0.4) is 0 Å². The molecule has 0 amide bonds. The number of aromatic nitrogens is 2. The van der Waals surface area contributed by atoms with Crippen LogP contribution in [0.5, 0.6) is 0 Å². The van der Waals surface area contributed by atoms with Crippen LogP contribution in [0.25, 0.3) is 16.2 Å². The maximum atomic E-state index is 12.7. The molecule has 0 spiro atoms. The molecule has 25 heavy (non-hydrogen) atoms. The minimum absolute atomic E-state index is 0.0172. The highest BCUT2D eigenvalue weighted by Crippen LogP contribution is 2.24. The van der Waals surface area contributed by atoms with E-state index < -0.39 is 0 Å². The number of likely N-dealkylation sites (tertiary alicyclic amines) is 1. The summed E-state index contributed by atoms with van der Waals surface area (Å²) >= 11 is 1.54. The molecule has 0 atom stereocenters. The fourth-order valence-electron chi connectivity index (χ4n) is 3.64. The Balaban J connectivity index is 1.60. The zero-order valence-electron chi connectivity index (χ0n) is 14.5. The number of rotatable bonds is 4. The van der Waals surface area contributed by atoms with Gasteiger partial charge in [0.15, 0.2) is 4.96 Å². The average molecular weight is 353 g/mol. The molecule has 3 heterocycles. The third-order valence-electron chi connectivity index (χ3n) is 5.20. The minimum Gasteiger partial charge on any atom is -0.297 e. The van der Waals surface area contributed by atoms with Crippen LogP contribution in [-0.2, 0) is 6.54 Å². The summed E-state index contributed by atoms with van der Waals surface area (Å²) in [7, 11) is 0. The summed E-state index contributed by atoms with van der Waals surface area (Å²) in [6, 6.07) is 11.7. The summed E-state index contributed by atoms with van der Waals surface area (Å²) < 4.78 is 1.73. The minimum atomic E-state index is 0.0172. The summed E-state index contributed by atoms with van der Waals surface area (Å²) in [4.78, 5) is 20.7. The number of thiazole rings is 1. The van der Waals surface area contributed by atoms with Gasteiger partial charge < -0.3 is 0 Å². The Labute approximate surface area is 151 Å². The number of piperidine rings is 1. The summed E-state index contributed by atoms with van der Waals surface area (Å²) in [5.74, 6) is 0.864. The average Bonchev–Trinajstić information content (AvgIpc) is 3.08. The molecule has 0 aliphatic carbocycles. The first-order valence-electron chi connectivity index (χ1n) is 9.02. The van der Waals surface area contributed by atoms with Gasteiger partial charge in [0, 0.05) is 18.0 Å². The van der Waals surface area contributed by atoms with Crippen LogP contribution in [0.15, 0.2) is 46.6 Å². The Morgan fingerprint density at radius 2 is 1.96 bits per heavy atom. The van der Waals surface area contributed by atoms with Crippen molar-refractivity contribution in [3.63, 3.8) is 0 Å². The lowest BCUT2D eigenvalue weighted by Gasteiger charge is -2.31. The molecule has 1 saturated heterocycles.